The van der Waals surface area contributed by atoms with Crippen LogP contribution in [0, 0.1) is 6.92 Å². The number of rotatable bonds is 4. The summed E-state index contributed by atoms with van der Waals surface area (Å²) in [5.41, 5.74) is 1.70. The summed E-state index contributed by atoms with van der Waals surface area (Å²) >= 11 is 0. The van der Waals surface area contributed by atoms with Crippen molar-refractivity contribution in [3.63, 3.8) is 0 Å². The van der Waals surface area contributed by atoms with E-state index in [0.29, 0.717) is 0 Å². The predicted octanol–water partition coefficient (Wildman–Crippen LogP) is 3.26. The Balaban J connectivity index is 3.06. The number of amides is 1. The topological polar surface area (TPSA) is 29.5 Å². The predicted molar refractivity (Wildman–Crippen MR) is 74.2 cm³/mol. The molecule has 3 heteroatoms. The molecule has 1 rings (SSSR count). The molecule has 0 unspecified atom stereocenters. The first-order valence-corrected chi connectivity index (χ1v) is 6.35. The summed E-state index contributed by atoms with van der Waals surface area (Å²) in [5, 5.41) is 0. The minimum atomic E-state index is 0.0748. The molecule has 0 atom stereocenters. The molecule has 1 aromatic carbocycles. The Kier molecular flexibility index (Phi) is 4.76. The van der Waals surface area contributed by atoms with Gasteiger partial charge in [-0.15, -0.1) is 0 Å². The zero-order valence-electron chi connectivity index (χ0n) is 12.2. The van der Waals surface area contributed by atoms with Crippen LogP contribution in [0.1, 0.15) is 43.6 Å². The fourth-order valence-electron chi connectivity index (χ4n) is 2.23. The van der Waals surface area contributed by atoms with Gasteiger partial charge >= 0.3 is 0 Å². The molecular formula is C15H23NO2. The smallest absolute Gasteiger partial charge is 0.254 e. The van der Waals surface area contributed by atoms with E-state index in [1.54, 1.807) is 7.11 Å². The van der Waals surface area contributed by atoms with Crippen molar-refractivity contribution in [2.24, 2.45) is 0 Å². The highest BCUT2D eigenvalue weighted by Crippen LogP contribution is 2.20. The first-order valence-electron chi connectivity index (χ1n) is 6.35. The molecule has 0 N–H and O–H groups in total. The van der Waals surface area contributed by atoms with Crippen LogP contribution in [0.25, 0.3) is 0 Å². The molecule has 0 heterocycles. The monoisotopic (exact) mass is 249 g/mol. The zero-order valence-corrected chi connectivity index (χ0v) is 12.2. The molecule has 0 aliphatic carbocycles. The number of nitrogens with zero attached hydrogens (tertiary/aromatic N) is 1. The van der Waals surface area contributed by atoms with Crippen molar-refractivity contribution < 1.29 is 9.53 Å². The van der Waals surface area contributed by atoms with Crippen LogP contribution in [0.5, 0.6) is 5.75 Å². The van der Waals surface area contributed by atoms with Gasteiger partial charge in [0, 0.05) is 17.6 Å². The molecule has 0 fully saturated rings. The number of hydrogen-bond acceptors (Lipinski definition) is 2. The number of carbonyl (C=O) groups excluding carboxylic acids is 1. The van der Waals surface area contributed by atoms with Crippen molar-refractivity contribution in [3.05, 3.63) is 29.3 Å². The molecule has 1 amide bonds. The van der Waals surface area contributed by atoms with Crippen LogP contribution in [0.3, 0.4) is 0 Å². The third-order valence-electron chi connectivity index (χ3n) is 2.99. The molecule has 3 nitrogen and oxygen atoms in total. The van der Waals surface area contributed by atoms with E-state index >= 15 is 0 Å². The summed E-state index contributed by atoms with van der Waals surface area (Å²) in [6.45, 7) is 10.1. The van der Waals surface area contributed by atoms with Crippen LogP contribution in [0.4, 0.5) is 0 Å². The molecule has 0 saturated carbocycles. The van der Waals surface area contributed by atoms with Crippen molar-refractivity contribution in [1.82, 2.24) is 4.90 Å². The molecule has 0 saturated heterocycles. The summed E-state index contributed by atoms with van der Waals surface area (Å²) in [6.07, 6.45) is 0. The van der Waals surface area contributed by atoms with Gasteiger partial charge in [-0.05, 0) is 58.4 Å². The number of carbonyl (C=O) groups is 1. The molecule has 0 aliphatic heterocycles. The van der Waals surface area contributed by atoms with Crippen LogP contribution in [0.15, 0.2) is 18.2 Å². The lowest BCUT2D eigenvalue weighted by atomic mass is 10.1. The van der Waals surface area contributed by atoms with Gasteiger partial charge in [0.05, 0.1) is 7.11 Å². The summed E-state index contributed by atoms with van der Waals surface area (Å²) in [5.74, 6) is 0.887. The van der Waals surface area contributed by atoms with Gasteiger partial charge in [-0.1, -0.05) is 0 Å². The number of methoxy groups -OCH3 is 1. The van der Waals surface area contributed by atoms with Gasteiger partial charge in [-0.2, -0.15) is 0 Å². The van der Waals surface area contributed by atoms with Crippen molar-refractivity contribution in [2.45, 2.75) is 46.7 Å². The van der Waals surface area contributed by atoms with Gasteiger partial charge in [0.1, 0.15) is 5.75 Å². The van der Waals surface area contributed by atoms with Crippen LogP contribution in [0.2, 0.25) is 0 Å². The van der Waals surface area contributed by atoms with Crippen molar-refractivity contribution >= 4 is 5.91 Å². The van der Waals surface area contributed by atoms with E-state index in [1.807, 2.05) is 57.7 Å². The number of benzene rings is 1. The maximum atomic E-state index is 12.5. The lowest BCUT2D eigenvalue weighted by Crippen LogP contribution is -2.42. The normalized spacial score (nSPS) is 10.9. The highest BCUT2D eigenvalue weighted by atomic mass is 16.5. The van der Waals surface area contributed by atoms with E-state index in [1.165, 1.54) is 0 Å². The average Bonchev–Trinajstić information content (AvgIpc) is 2.27. The van der Waals surface area contributed by atoms with Gasteiger partial charge in [0.15, 0.2) is 0 Å². The third kappa shape index (κ3) is 3.03. The summed E-state index contributed by atoms with van der Waals surface area (Å²) in [6, 6.07) is 5.95. The van der Waals surface area contributed by atoms with E-state index in [9.17, 15) is 4.79 Å². The summed E-state index contributed by atoms with van der Waals surface area (Å²) < 4.78 is 5.21. The Morgan fingerprint density at radius 3 is 2.11 bits per heavy atom. The van der Waals surface area contributed by atoms with Gasteiger partial charge in [-0.25, -0.2) is 0 Å². The largest absolute Gasteiger partial charge is 0.496 e. The Morgan fingerprint density at radius 2 is 1.72 bits per heavy atom. The number of aryl methyl sites for hydroxylation is 1. The van der Waals surface area contributed by atoms with Crippen LogP contribution < -0.4 is 4.74 Å². The second-order valence-electron chi connectivity index (χ2n) is 5.08. The first-order chi connectivity index (χ1) is 8.38. The van der Waals surface area contributed by atoms with Gasteiger partial charge in [0.25, 0.3) is 5.91 Å². The quantitative estimate of drug-likeness (QED) is 0.819. The van der Waals surface area contributed by atoms with Gasteiger partial charge in [-0.3, -0.25) is 4.79 Å². The molecule has 0 aromatic heterocycles. The minimum absolute atomic E-state index is 0.0748. The second kappa shape index (κ2) is 5.89. The number of ether oxygens (including phenoxy) is 1. The second-order valence-corrected chi connectivity index (χ2v) is 5.08. The van der Waals surface area contributed by atoms with Crippen LogP contribution >= 0.6 is 0 Å². The van der Waals surface area contributed by atoms with E-state index in [2.05, 4.69) is 0 Å². The lowest BCUT2D eigenvalue weighted by Gasteiger charge is -2.31. The molecule has 0 bridgehead atoms. The highest BCUT2D eigenvalue weighted by Gasteiger charge is 2.21. The van der Waals surface area contributed by atoms with Crippen molar-refractivity contribution in [2.75, 3.05) is 7.11 Å². The average molecular weight is 249 g/mol. The molecule has 100 valence electrons. The van der Waals surface area contributed by atoms with Gasteiger partial charge < -0.3 is 9.64 Å². The molecule has 1 aromatic rings. The minimum Gasteiger partial charge on any atom is -0.496 e. The molecule has 0 spiro atoms. The van der Waals surface area contributed by atoms with Crippen molar-refractivity contribution in [1.29, 1.82) is 0 Å². The van der Waals surface area contributed by atoms with E-state index in [4.69, 9.17) is 4.74 Å². The van der Waals surface area contributed by atoms with Crippen LogP contribution in [-0.2, 0) is 0 Å². The highest BCUT2D eigenvalue weighted by molar-refractivity contribution is 5.95. The van der Waals surface area contributed by atoms with E-state index < -0.39 is 0 Å². The molecule has 0 aliphatic rings. The Labute approximate surface area is 110 Å². The van der Waals surface area contributed by atoms with E-state index in [0.717, 1.165) is 16.9 Å². The van der Waals surface area contributed by atoms with E-state index in [-0.39, 0.29) is 18.0 Å². The zero-order chi connectivity index (χ0) is 13.9. The standard InChI is InChI=1S/C15H23NO2/c1-10(2)16(11(3)4)15(17)13-7-8-14(18-6)12(5)9-13/h7-11H,1-6H3. The molecule has 18 heavy (non-hydrogen) atoms. The Bertz CT molecular complexity index is 417. The maximum Gasteiger partial charge on any atom is 0.254 e. The Morgan fingerprint density at radius 1 is 1.17 bits per heavy atom. The fourth-order valence-corrected chi connectivity index (χ4v) is 2.23. The SMILES string of the molecule is COc1ccc(C(=O)N(C(C)C)C(C)C)cc1C. The third-order valence-corrected chi connectivity index (χ3v) is 2.99. The van der Waals surface area contributed by atoms with Crippen LogP contribution in [-0.4, -0.2) is 30.0 Å². The number of hydrogen-bond donors (Lipinski definition) is 0. The Hall–Kier alpha value is -1.51. The lowest BCUT2D eigenvalue weighted by molar-refractivity contribution is 0.0643. The van der Waals surface area contributed by atoms with Crippen molar-refractivity contribution in [3.8, 4) is 5.75 Å². The molecular weight excluding hydrogens is 226 g/mol. The molecule has 0 radical (unpaired) electrons. The first kappa shape index (κ1) is 14.6. The maximum absolute atomic E-state index is 12.5. The summed E-state index contributed by atoms with van der Waals surface area (Å²) in [4.78, 5) is 14.4. The fraction of sp³-hybridized carbons (Fsp3) is 0.533. The summed E-state index contributed by atoms with van der Waals surface area (Å²) in [7, 11) is 1.64. The van der Waals surface area contributed by atoms with Gasteiger partial charge in [0.2, 0.25) is 0 Å².